The van der Waals surface area contributed by atoms with Crippen LogP contribution in [0.15, 0.2) is 73.7 Å². The lowest BCUT2D eigenvalue weighted by molar-refractivity contribution is 0.101. The van der Waals surface area contributed by atoms with Crippen LogP contribution in [0, 0.1) is 0 Å². The van der Waals surface area contributed by atoms with Crippen molar-refractivity contribution in [3.63, 3.8) is 0 Å². The summed E-state index contributed by atoms with van der Waals surface area (Å²) in [6.45, 7) is 10.6. The number of fused-ring (bicyclic) bond motifs is 2. The number of rotatable bonds is 7. The highest BCUT2D eigenvalue weighted by Crippen LogP contribution is 2.37. The van der Waals surface area contributed by atoms with E-state index < -0.39 is 0 Å². The molecule has 3 heterocycles. The largest absolute Gasteiger partial charge is 0.490 e. The predicted molar refractivity (Wildman–Crippen MR) is 133 cm³/mol. The van der Waals surface area contributed by atoms with Crippen molar-refractivity contribution in [2.45, 2.75) is 6.92 Å². The normalized spacial score (nSPS) is 12.6. The molecule has 3 N–H and O–H groups in total. The number of aromatic nitrogens is 4. The lowest BCUT2D eigenvalue weighted by Gasteiger charge is -2.31. The number of H-pyrrole nitrogens is 1. The average Bonchev–Trinajstić information content (AvgIpc) is 3.31. The molecule has 0 bridgehead atoms. The third-order valence-electron chi connectivity index (χ3n) is 5.53. The topological polar surface area (TPSA) is 108 Å². The quantitative estimate of drug-likeness (QED) is 0.267. The summed E-state index contributed by atoms with van der Waals surface area (Å²) >= 11 is 0. The number of hydrogen-bond donors (Lipinski definition) is 3. The van der Waals surface area contributed by atoms with E-state index in [1.165, 1.54) is 13.1 Å². The summed E-state index contributed by atoms with van der Waals surface area (Å²) in [5.74, 6) is 1.38. The summed E-state index contributed by atoms with van der Waals surface area (Å²) in [7, 11) is 0. The molecule has 0 unspecified atom stereocenters. The molecule has 1 aliphatic rings. The van der Waals surface area contributed by atoms with Gasteiger partial charge in [-0.3, -0.25) is 9.89 Å². The highest BCUT2D eigenvalue weighted by atomic mass is 16.5. The molecule has 0 fully saturated rings. The Morgan fingerprint density at radius 2 is 2.00 bits per heavy atom. The number of Topliss-reactive ketones (excluding diaryl/α,β-unsaturated/α-hetero) is 1. The standard InChI is InChI=1S/C25H23N7O2/c1-4-15(2)32-9-10-34-23-8-6-19(12-22(23)32)28-24-20(16(3)33)14-26-25(30-24)29-18-5-7-21-17(11-18)13-27-31-21/h4-8,11-14H,1-2,9-10H2,3H3,(H,27,31)(H2,26,28,29,30). The summed E-state index contributed by atoms with van der Waals surface area (Å²) in [6.07, 6.45) is 4.98. The lowest BCUT2D eigenvalue weighted by atomic mass is 10.1. The van der Waals surface area contributed by atoms with Crippen molar-refractivity contribution in [2.24, 2.45) is 0 Å². The van der Waals surface area contributed by atoms with Crippen LogP contribution in [0.2, 0.25) is 0 Å². The van der Waals surface area contributed by atoms with E-state index in [1.807, 2.05) is 41.3 Å². The number of hydrogen-bond acceptors (Lipinski definition) is 8. The fourth-order valence-corrected chi connectivity index (χ4v) is 3.79. The Hall–Kier alpha value is -4.66. The first kappa shape index (κ1) is 21.2. The third kappa shape index (κ3) is 4.06. The predicted octanol–water partition coefficient (Wildman–Crippen LogP) is 4.94. The molecule has 0 saturated carbocycles. The minimum atomic E-state index is -0.142. The van der Waals surface area contributed by atoms with E-state index in [2.05, 4.69) is 44.0 Å². The first-order valence-corrected chi connectivity index (χ1v) is 10.7. The van der Waals surface area contributed by atoms with Crippen molar-refractivity contribution in [3.8, 4) is 5.75 Å². The summed E-state index contributed by atoms with van der Waals surface area (Å²) < 4.78 is 5.78. The van der Waals surface area contributed by atoms with Gasteiger partial charge >= 0.3 is 0 Å². The van der Waals surface area contributed by atoms with Crippen LogP contribution < -0.4 is 20.3 Å². The highest BCUT2D eigenvalue weighted by molar-refractivity contribution is 5.99. The SMILES string of the molecule is C=CC(=C)N1CCOc2ccc(Nc3nc(Nc4ccc5[nH]ncc5c4)ncc3C(C)=O)cc21. The number of ether oxygens (including phenoxy) is 1. The van der Waals surface area contributed by atoms with Gasteiger partial charge in [0, 0.05) is 28.7 Å². The van der Waals surface area contributed by atoms with Crippen LogP contribution in [0.1, 0.15) is 17.3 Å². The van der Waals surface area contributed by atoms with Crippen molar-refractivity contribution in [1.29, 1.82) is 0 Å². The van der Waals surface area contributed by atoms with Crippen LogP contribution >= 0.6 is 0 Å². The monoisotopic (exact) mass is 453 g/mol. The molecule has 170 valence electrons. The molecule has 0 atom stereocenters. The number of nitrogens with zero attached hydrogens (tertiary/aromatic N) is 4. The molecule has 4 aromatic rings. The molecule has 5 rings (SSSR count). The number of anilines is 5. The second-order valence-electron chi connectivity index (χ2n) is 7.81. The van der Waals surface area contributed by atoms with E-state index in [1.54, 1.807) is 12.3 Å². The zero-order valence-electron chi connectivity index (χ0n) is 18.6. The van der Waals surface area contributed by atoms with Crippen LogP contribution in [-0.2, 0) is 0 Å². The van der Waals surface area contributed by atoms with Gasteiger partial charge in [-0.25, -0.2) is 4.98 Å². The molecule has 34 heavy (non-hydrogen) atoms. The van der Waals surface area contributed by atoms with E-state index >= 15 is 0 Å². The van der Waals surface area contributed by atoms with Gasteiger partial charge in [-0.2, -0.15) is 10.1 Å². The van der Waals surface area contributed by atoms with E-state index in [4.69, 9.17) is 4.74 Å². The van der Waals surface area contributed by atoms with Crippen LogP contribution in [0.5, 0.6) is 5.75 Å². The van der Waals surface area contributed by atoms with Gasteiger partial charge in [0.1, 0.15) is 18.2 Å². The molecule has 9 nitrogen and oxygen atoms in total. The Bertz CT molecular complexity index is 1430. The maximum Gasteiger partial charge on any atom is 0.229 e. The number of allylic oxidation sites excluding steroid dienone is 1. The van der Waals surface area contributed by atoms with Crippen molar-refractivity contribution >= 4 is 45.5 Å². The molecule has 0 amide bonds. The fourth-order valence-electron chi connectivity index (χ4n) is 3.79. The smallest absolute Gasteiger partial charge is 0.229 e. The van der Waals surface area contributed by atoms with Crippen LogP contribution in [0.3, 0.4) is 0 Å². The Morgan fingerprint density at radius 3 is 2.82 bits per heavy atom. The maximum absolute atomic E-state index is 12.3. The number of nitrogens with one attached hydrogen (secondary N) is 3. The van der Waals surface area contributed by atoms with Crippen molar-refractivity contribution < 1.29 is 9.53 Å². The molecule has 0 saturated heterocycles. The third-order valence-corrected chi connectivity index (χ3v) is 5.53. The van der Waals surface area contributed by atoms with Crippen molar-refractivity contribution in [2.75, 3.05) is 28.7 Å². The average molecular weight is 454 g/mol. The summed E-state index contributed by atoms with van der Waals surface area (Å²) in [6, 6.07) is 11.5. The second kappa shape index (κ2) is 8.70. The minimum absolute atomic E-state index is 0.142. The zero-order valence-corrected chi connectivity index (χ0v) is 18.6. The molecule has 2 aromatic carbocycles. The highest BCUT2D eigenvalue weighted by Gasteiger charge is 2.20. The van der Waals surface area contributed by atoms with E-state index in [9.17, 15) is 4.79 Å². The number of ketones is 1. The Kier molecular flexibility index (Phi) is 5.43. The van der Waals surface area contributed by atoms with Gasteiger partial charge in [0.15, 0.2) is 5.78 Å². The number of carbonyl (C=O) groups is 1. The van der Waals surface area contributed by atoms with Crippen molar-refractivity contribution in [1.82, 2.24) is 20.2 Å². The second-order valence-corrected chi connectivity index (χ2v) is 7.81. The van der Waals surface area contributed by atoms with Gasteiger partial charge in [0.05, 0.1) is 29.5 Å². The Balaban J connectivity index is 1.46. The Morgan fingerprint density at radius 1 is 1.18 bits per heavy atom. The molecule has 0 aliphatic carbocycles. The first-order valence-electron chi connectivity index (χ1n) is 10.7. The van der Waals surface area contributed by atoms with Gasteiger partial charge in [0.2, 0.25) is 5.95 Å². The van der Waals surface area contributed by atoms with Gasteiger partial charge in [-0.05, 0) is 49.4 Å². The number of aromatic amines is 1. The molecule has 1 aliphatic heterocycles. The zero-order chi connectivity index (χ0) is 23.7. The number of benzene rings is 2. The van der Waals surface area contributed by atoms with Gasteiger partial charge in [-0.1, -0.05) is 13.2 Å². The summed E-state index contributed by atoms with van der Waals surface area (Å²) in [5.41, 5.74) is 4.53. The maximum atomic E-state index is 12.3. The van der Waals surface area contributed by atoms with E-state index in [0.717, 1.165) is 39.4 Å². The molecule has 2 aromatic heterocycles. The molecular weight excluding hydrogens is 430 g/mol. The van der Waals surface area contributed by atoms with Gasteiger partial charge in [0.25, 0.3) is 0 Å². The first-order chi connectivity index (χ1) is 16.5. The Labute approximate surface area is 196 Å². The van der Waals surface area contributed by atoms with Gasteiger partial charge in [-0.15, -0.1) is 0 Å². The minimum Gasteiger partial charge on any atom is -0.490 e. The van der Waals surface area contributed by atoms with Crippen LogP contribution in [-0.4, -0.2) is 39.1 Å². The molecule has 0 spiro atoms. The van der Waals surface area contributed by atoms with Crippen molar-refractivity contribution in [3.05, 3.63) is 79.3 Å². The lowest BCUT2D eigenvalue weighted by Crippen LogP contribution is -2.31. The molecular formula is C25H23N7O2. The fraction of sp³-hybridized carbons (Fsp3) is 0.120. The summed E-state index contributed by atoms with van der Waals surface area (Å²) in [4.78, 5) is 23.2. The number of carbonyl (C=O) groups excluding carboxylic acids is 1. The van der Waals surface area contributed by atoms with E-state index in [-0.39, 0.29) is 5.78 Å². The van der Waals surface area contributed by atoms with E-state index in [0.29, 0.717) is 30.5 Å². The molecule has 0 radical (unpaired) electrons. The van der Waals surface area contributed by atoms with Crippen LogP contribution in [0.4, 0.5) is 28.8 Å². The molecule has 9 heteroatoms. The summed E-state index contributed by atoms with van der Waals surface area (Å²) in [5, 5.41) is 14.4. The van der Waals surface area contributed by atoms with Crippen LogP contribution in [0.25, 0.3) is 10.9 Å². The van der Waals surface area contributed by atoms with Gasteiger partial charge < -0.3 is 20.3 Å².